The van der Waals surface area contributed by atoms with Crippen LogP contribution in [0.25, 0.3) is 22.3 Å². The van der Waals surface area contributed by atoms with Crippen LogP contribution in [0, 0.1) is 0 Å². The Morgan fingerprint density at radius 3 is 2.41 bits per heavy atom. The zero-order valence-electron chi connectivity index (χ0n) is 21.0. The van der Waals surface area contributed by atoms with E-state index in [0.717, 1.165) is 22.4 Å². The minimum absolute atomic E-state index is 0.0895. The zero-order valence-corrected chi connectivity index (χ0v) is 21.0. The summed E-state index contributed by atoms with van der Waals surface area (Å²) in [5.41, 5.74) is 8.91. The standard InChI is InChI=1S/C28H32N6O3/c1-32-26(22-10-7-21(17-29)8-11-22)24-25(31-32)27(36)34(19-30-24)18-28(37)13-15-33(16-14-28)23(35)12-9-20-5-3-2-4-6-20/h2-8,10-11,19,37H,9,12-18,29H2,1H3. The van der Waals surface area contributed by atoms with Crippen molar-refractivity contribution in [2.75, 3.05) is 13.1 Å². The summed E-state index contributed by atoms with van der Waals surface area (Å²) >= 11 is 0. The zero-order chi connectivity index (χ0) is 26.0. The Hall–Kier alpha value is -3.82. The summed E-state index contributed by atoms with van der Waals surface area (Å²) in [6.07, 6.45) is 3.43. The third-order valence-electron chi connectivity index (χ3n) is 7.26. The van der Waals surface area contributed by atoms with Crippen molar-refractivity contribution in [1.82, 2.24) is 24.2 Å². The molecular weight excluding hydrogens is 468 g/mol. The SMILES string of the molecule is Cn1nc2c(=O)n(CC3(O)CCN(C(=O)CCc4ccccc4)CC3)cnc2c1-c1ccc(CN)cc1. The molecule has 0 spiro atoms. The number of benzene rings is 2. The average molecular weight is 501 g/mol. The molecular formula is C28H32N6O3. The quantitative estimate of drug-likeness (QED) is 0.402. The Morgan fingerprint density at radius 1 is 1.03 bits per heavy atom. The Labute approximate surface area is 215 Å². The van der Waals surface area contributed by atoms with Crippen molar-refractivity contribution >= 4 is 16.9 Å². The number of rotatable bonds is 7. The summed E-state index contributed by atoms with van der Waals surface area (Å²) in [6.45, 7) is 1.48. The predicted octanol–water partition coefficient (Wildman–Crippen LogP) is 2.24. The maximum Gasteiger partial charge on any atom is 0.281 e. The largest absolute Gasteiger partial charge is 0.388 e. The number of piperidine rings is 1. The fraction of sp³-hybridized carbons (Fsp3) is 0.357. The second kappa shape index (κ2) is 10.3. The highest BCUT2D eigenvalue weighted by atomic mass is 16.3. The smallest absolute Gasteiger partial charge is 0.281 e. The van der Waals surface area contributed by atoms with Crippen LogP contribution in [0.2, 0.25) is 0 Å². The van der Waals surface area contributed by atoms with Crippen molar-refractivity contribution in [1.29, 1.82) is 0 Å². The van der Waals surface area contributed by atoms with Gasteiger partial charge in [0.25, 0.3) is 5.56 Å². The topological polar surface area (TPSA) is 119 Å². The lowest BCUT2D eigenvalue weighted by molar-refractivity contribution is -0.135. The number of amides is 1. The van der Waals surface area contributed by atoms with Crippen LogP contribution in [-0.4, -0.2) is 53.9 Å². The molecule has 1 amide bonds. The van der Waals surface area contributed by atoms with Gasteiger partial charge in [-0.25, -0.2) is 4.98 Å². The maximum absolute atomic E-state index is 13.3. The Kier molecular flexibility index (Phi) is 6.90. The fourth-order valence-corrected chi connectivity index (χ4v) is 5.03. The van der Waals surface area contributed by atoms with Crippen molar-refractivity contribution < 1.29 is 9.90 Å². The summed E-state index contributed by atoms with van der Waals surface area (Å²) in [4.78, 5) is 32.3. The lowest BCUT2D eigenvalue weighted by Crippen LogP contribution is -2.49. The van der Waals surface area contributed by atoms with Gasteiger partial charge in [-0.3, -0.25) is 18.8 Å². The molecule has 3 N–H and O–H groups in total. The first-order chi connectivity index (χ1) is 17.9. The molecule has 2 aromatic heterocycles. The molecule has 0 radical (unpaired) electrons. The number of carbonyl (C=O) groups is 1. The lowest BCUT2D eigenvalue weighted by Gasteiger charge is -2.38. The second-order valence-electron chi connectivity index (χ2n) is 9.84. The van der Waals surface area contributed by atoms with Gasteiger partial charge in [0.2, 0.25) is 5.91 Å². The van der Waals surface area contributed by atoms with E-state index in [0.29, 0.717) is 50.8 Å². The molecule has 1 fully saturated rings. The van der Waals surface area contributed by atoms with E-state index >= 15 is 0 Å². The van der Waals surface area contributed by atoms with Crippen LogP contribution in [0.15, 0.2) is 65.7 Å². The highest BCUT2D eigenvalue weighted by Gasteiger charge is 2.35. The van der Waals surface area contributed by atoms with E-state index in [-0.39, 0.29) is 23.5 Å². The fourth-order valence-electron chi connectivity index (χ4n) is 5.03. The normalized spacial score (nSPS) is 15.3. The van der Waals surface area contributed by atoms with E-state index in [1.165, 1.54) is 10.9 Å². The van der Waals surface area contributed by atoms with Gasteiger partial charge in [0.15, 0.2) is 5.52 Å². The van der Waals surface area contributed by atoms with Gasteiger partial charge in [-0.05, 0) is 30.4 Å². The Morgan fingerprint density at radius 2 is 1.73 bits per heavy atom. The van der Waals surface area contributed by atoms with Crippen LogP contribution in [0.4, 0.5) is 0 Å². The van der Waals surface area contributed by atoms with Gasteiger partial charge in [-0.15, -0.1) is 0 Å². The molecule has 3 heterocycles. The molecule has 9 nitrogen and oxygen atoms in total. The number of nitrogens with zero attached hydrogens (tertiary/aromatic N) is 5. The molecule has 5 rings (SSSR count). The first-order valence-corrected chi connectivity index (χ1v) is 12.6. The molecule has 9 heteroatoms. The molecule has 192 valence electrons. The summed E-state index contributed by atoms with van der Waals surface area (Å²) in [6, 6.07) is 17.7. The number of carbonyl (C=O) groups excluding carboxylic acids is 1. The minimum atomic E-state index is -1.09. The second-order valence-corrected chi connectivity index (χ2v) is 9.84. The monoisotopic (exact) mass is 500 g/mol. The number of hydrogen-bond donors (Lipinski definition) is 2. The van der Waals surface area contributed by atoms with Gasteiger partial charge in [-0.2, -0.15) is 5.10 Å². The number of hydrogen-bond acceptors (Lipinski definition) is 6. The van der Waals surface area contributed by atoms with Gasteiger partial charge < -0.3 is 15.7 Å². The van der Waals surface area contributed by atoms with Crippen molar-refractivity contribution in [3.8, 4) is 11.3 Å². The summed E-state index contributed by atoms with van der Waals surface area (Å²) in [7, 11) is 1.79. The first-order valence-electron chi connectivity index (χ1n) is 12.6. The van der Waals surface area contributed by atoms with Gasteiger partial charge in [0, 0.05) is 38.7 Å². The highest BCUT2D eigenvalue weighted by molar-refractivity contribution is 5.89. The van der Waals surface area contributed by atoms with E-state index in [9.17, 15) is 14.7 Å². The molecule has 0 aliphatic carbocycles. The molecule has 1 saturated heterocycles. The molecule has 4 aromatic rings. The van der Waals surface area contributed by atoms with Gasteiger partial charge in [0.1, 0.15) is 5.52 Å². The van der Waals surface area contributed by atoms with Crippen molar-refractivity contribution in [3.05, 3.63) is 82.4 Å². The molecule has 1 aliphatic heterocycles. The first kappa shape index (κ1) is 24.9. The van der Waals surface area contributed by atoms with E-state index in [2.05, 4.69) is 10.1 Å². The number of aliphatic hydroxyl groups is 1. The lowest BCUT2D eigenvalue weighted by atomic mass is 9.91. The van der Waals surface area contributed by atoms with Crippen LogP contribution >= 0.6 is 0 Å². The van der Waals surface area contributed by atoms with E-state index < -0.39 is 5.60 Å². The average Bonchev–Trinajstić information content (AvgIpc) is 3.26. The van der Waals surface area contributed by atoms with Crippen LogP contribution < -0.4 is 11.3 Å². The van der Waals surface area contributed by atoms with Gasteiger partial charge >= 0.3 is 0 Å². The van der Waals surface area contributed by atoms with Gasteiger partial charge in [-0.1, -0.05) is 54.6 Å². The number of aromatic nitrogens is 4. The minimum Gasteiger partial charge on any atom is -0.388 e. The van der Waals surface area contributed by atoms with Crippen LogP contribution in [-0.2, 0) is 31.4 Å². The molecule has 0 saturated carbocycles. The van der Waals surface area contributed by atoms with Gasteiger partial charge in [0.05, 0.1) is 24.2 Å². The van der Waals surface area contributed by atoms with Crippen LogP contribution in [0.3, 0.4) is 0 Å². The molecule has 0 unspecified atom stereocenters. The number of fused-ring (bicyclic) bond motifs is 1. The van der Waals surface area contributed by atoms with Crippen molar-refractivity contribution in [2.45, 2.75) is 44.4 Å². The molecule has 0 atom stereocenters. The van der Waals surface area contributed by atoms with E-state index in [4.69, 9.17) is 5.73 Å². The van der Waals surface area contributed by atoms with Crippen LogP contribution in [0.5, 0.6) is 0 Å². The van der Waals surface area contributed by atoms with E-state index in [1.54, 1.807) is 11.7 Å². The molecule has 1 aliphatic rings. The summed E-state index contributed by atoms with van der Waals surface area (Å²) < 4.78 is 3.10. The number of aryl methyl sites for hydroxylation is 2. The predicted molar refractivity (Wildman–Crippen MR) is 142 cm³/mol. The molecule has 37 heavy (non-hydrogen) atoms. The third kappa shape index (κ3) is 5.19. The van der Waals surface area contributed by atoms with Crippen molar-refractivity contribution in [2.24, 2.45) is 12.8 Å². The molecule has 2 aromatic carbocycles. The summed E-state index contributed by atoms with van der Waals surface area (Å²) in [5, 5.41) is 15.7. The Bertz CT molecular complexity index is 1450. The molecule has 0 bridgehead atoms. The van der Waals surface area contributed by atoms with Crippen LogP contribution in [0.1, 0.15) is 30.4 Å². The highest BCUT2D eigenvalue weighted by Crippen LogP contribution is 2.27. The summed E-state index contributed by atoms with van der Waals surface area (Å²) in [5.74, 6) is 0.0895. The van der Waals surface area contributed by atoms with Crippen molar-refractivity contribution in [3.63, 3.8) is 0 Å². The van der Waals surface area contributed by atoms with E-state index in [1.807, 2.05) is 59.5 Å². The Balaban J connectivity index is 1.27. The number of likely N-dealkylation sites (tertiary alicyclic amines) is 1. The third-order valence-corrected chi connectivity index (χ3v) is 7.26. The number of nitrogens with two attached hydrogens (primary N) is 1. The maximum atomic E-state index is 13.3.